The van der Waals surface area contributed by atoms with Crippen molar-refractivity contribution in [2.45, 2.75) is 39.8 Å². The topological polar surface area (TPSA) is 108 Å². The monoisotopic (exact) mass is 519 g/mol. The van der Waals surface area contributed by atoms with Gasteiger partial charge in [0.1, 0.15) is 17.3 Å². The lowest BCUT2D eigenvalue weighted by atomic mass is 10.1. The molecule has 190 valence electrons. The van der Waals surface area contributed by atoms with Gasteiger partial charge in [-0.05, 0) is 55.0 Å². The molecule has 2 heterocycles. The minimum atomic E-state index is -0.627. The average molecular weight is 520 g/mol. The number of halogens is 1. The number of carbonyl (C=O) groups excluding carboxylic acids is 1. The van der Waals surface area contributed by atoms with Crippen molar-refractivity contribution < 1.29 is 9.53 Å². The van der Waals surface area contributed by atoms with Crippen LogP contribution >= 0.6 is 11.6 Å². The molecule has 2 aromatic heterocycles. The number of nitrogens with zero attached hydrogens (tertiary/aromatic N) is 4. The third-order valence-electron chi connectivity index (χ3n) is 5.63. The predicted molar refractivity (Wildman–Crippen MR) is 142 cm³/mol. The largest absolute Gasteiger partial charge is 0.457 e. The number of anilines is 2. The van der Waals surface area contributed by atoms with E-state index in [-0.39, 0.29) is 31.2 Å². The Hall–Kier alpha value is -4.24. The molecule has 0 bridgehead atoms. The van der Waals surface area contributed by atoms with Gasteiger partial charge in [0.2, 0.25) is 5.95 Å². The highest BCUT2D eigenvalue weighted by molar-refractivity contribution is 6.30. The van der Waals surface area contributed by atoms with E-state index in [0.717, 1.165) is 10.1 Å². The summed E-state index contributed by atoms with van der Waals surface area (Å²) in [6.07, 6.45) is 2.32. The van der Waals surface area contributed by atoms with Crippen LogP contribution in [0.2, 0.25) is 5.02 Å². The Bertz CT molecular complexity index is 1510. The lowest BCUT2D eigenvalue weighted by Gasteiger charge is -2.15. The fourth-order valence-corrected chi connectivity index (χ4v) is 3.75. The molecule has 0 radical (unpaired) electrons. The molecule has 0 aliphatic carbocycles. The number of benzene rings is 2. The summed E-state index contributed by atoms with van der Waals surface area (Å²) in [5.74, 6) is 1.37. The Labute approximate surface area is 218 Å². The Balaban J connectivity index is 1.55. The van der Waals surface area contributed by atoms with Crippen molar-refractivity contribution >= 4 is 29.0 Å². The van der Waals surface area contributed by atoms with Crippen LogP contribution < -0.4 is 21.4 Å². The number of hydrogen-bond acceptors (Lipinski definition) is 7. The maximum absolute atomic E-state index is 13.0. The molecule has 0 aliphatic heterocycles. The zero-order chi connectivity index (χ0) is 26.4. The molecule has 9 nitrogen and oxygen atoms in total. The highest BCUT2D eigenvalue weighted by Gasteiger charge is 2.13. The van der Waals surface area contributed by atoms with E-state index >= 15 is 0 Å². The molecule has 10 heteroatoms. The number of pyridine rings is 1. The number of ketones is 1. The molecule has 0 unspecified atom stereocenters. The third-order valence-corrected chi connectivity index (χ3v) is 5.88. The molecule has 4 rings (SSSR count). The van der Waals surface area contributed by atoms with E-state index in [9.17, 15) is 14.4 Å². The van der Waals surface area contributed by atoms with Crippen LogP contribution in [0.1, 0.15) is 31.5 Å². The van der Waals surface area contributed by atoms with Crippen LogP contribution in [0.4, 0.5) is 11.6 Å². The first kappa shape index (κ1) is 25.8. The lowest BCUT2D eigenvalue weighted by Crippen LogP contribution is -2.42. The molecular weight excluding hydrogens is 494 g/mol. The van der Waals surface area contributed by atoms with E-state index < -0.39 is 11.4 Å². The van der Waals surface area contributed by atoms with E-state index in [4.69, 9.17) is 16.3 Å². The standard InChI is InChI=1S/C27H26ClN5O4/c1-3-22(34)15-21-16-24(13-14-29-21)37-23-11-9-20(10-12-23)30-25-31-26(35)32(4-2)27(36)33(25)17-18-5-7-19(28)8-6-18/h5-14,16H,3-4,15,17H2,1-2H3,(H,30,31,35). The van der Waals surface area contributed by atoms with Gasteiger partial charge in [0, 0.05) is 42.4 Å². The van der Waals surface area contributed by atoms with Crippen LogP contribution in [0.15, 0.2) is 76.4 Å². The van der Waals surface area contributed by atoms with Gasteiger partial charge >= 0.3 is 11.4 Å². The Morgan fingerprint density at radius 1 is 0.973 bits per heavy atom. The first-order valence-electron chi connectivity index (χ1n) is 11.8. The molecule has 0 saturated carbocycles. The van der Waals surface area contributed by atoms with Gasteiger partial charge in [0.15, 0.2) is 0 Å². The maximum atomic E-state index is 13.0. The molecule has 0 atom stereocenters. The van der Waals surface area contributed by atoms with Crippen molar-refractivity contribution in [1.29, 1.82) is 0 Å². The van der Waals surface area contributed by atoms with Gasteiger partial charge < -0.3 is 10.1 Å². The SMILES string of the molecule is CCC(=O)Cc1cc(Oc2ccc(Nc3nc(=O)n(CC)c(=O)n3Cc3ccc(Cl)cc3)cc2)ccn1. The van der Waals surface area contributed by atoms with E-state index in [2.05, 4.69) is 15.3 Å². The summed E-state index contributed by atoms with van der Waals surface area (Å²) < 4.78 is 8.40. The van der Waals surface area contributed by atoms with Gasteiger partial charge in [-0.1, -0.05) is 30.7 Å². The van der Waals surface area contributed by atoms with Crippen molar-refractivity contribution in [3.8, 4) is 11.5 Å². The number of rotatable bonds is 10. The molecule has 0 amide bonds. The van der Waals surface area contributed by atoms with Gasteiger partial charge in [-0.3, -0.25) is 14.3 Å². The van der Waals surface area contributed by atoms with Crippen LogP contribution in [0.25, 0.3) is 0 Å². The quantitative estimate of drug-likeness (QED) is 0.326. The van der Waals surface area contributed by atoms with Crippen LogP contribution in [0, 0.1) is 0 Å². The highest BCUT2D eigenvalue weighted by Crippen LogP contribution is 2.24. The van der Waals surface area contributed by atoms with Gasteiger partial charge in [-0.15, -0.1) is 0 Å². The third kappa shape index (κ3) is 6.50. The van der Waals surface area contributed by atoms with Gasteiger partial charge in [-0.25, -0.2) is 14.2 Å². The summed E-state index contributed by atoms with van der Waals surface area (Å²) >= 11 is 5.98. The van der Waals surface area contributed by atoms with Crippen molar-refractivity contribution in [3.05, 3.63) is 104 Å². The van der Waals surface area contributed by atoms with Gasteiger partial charge in [-0.2, -0.15) is 4.98 Å². The molecule has 37 heavy (non-hydrogen) atoms. The van der Waals surface area contributed by atoms with Crippen LogP contribution in [-0.4, -0.2) is 24.9 Å². The molecular formula is C27H26ClN5O4. The van der Waals surface area contributed by atoms with E-state index in [1.54, 1.807) is 61.7 Å². The molecule has 0 saturated heterocycles. The van der Waals surface area contributed by atoms with E-state index in [1.807, 2.05) is 19.1 Å². The van der Waals surface area contributed by atoms with Crippen molar-refractivity contribution in [2.24, 2.45) is 0 Å². The van der Waals surface area contributed by atoms with Crippen LogP contribution in [0.5, 0.6) is 11.5 Å². The summed E-state index contributed by atoms with van der Waals surface area (Å²) in [7, 11) is 0. The number of Topliss-reactive ketones (excluding diaryl/α,β-unsaturated/α-hetero) is 1. The summed E-state index contributed by atoms with van der Waals surface area (Å²) in [5.41, 5.74) is 1.00. The minimum absolute atomic E-state index is 0.106. The summed E-state index contributed by atoms with van der Waals surface area (Å²) in [5, 5.41) is 3.66. The molecule has 4 aromatic rings. The summed E-state index contributed by atoms with van der Waals surface area (Å²) in [4.78, 5) is 45.5. The fourth-order valence-electron chi connectivity index (χ4n) is 3.63. The number of hydrogen-bond donors (Lipinski definition) is 1. The normalized spacial score (nSPS) is 10.8. The Kier molecular flexibility index (Phi) is 8.15. The van der Waals surface area contributed by atoms with E-state index in [1.165, 1.54) is 4.57 Å². The lowest BCUT2D eigenvalue weighted by molar-refractivity contribution is -0.118. The predicted octanol–water partition coefficient (Wildman–Crippen LogP) is 4.58. The van der Waals surface area contributed by atoms with Gasteiger partial charge in [0.25, 0.3) is 0 Å². The van der Waals surface area contributed by atoms with Gasteiger partial charge in [0.05, 0.1) is 12.2 Å². The van der Waals surface area contributed by atoms with Crippen molar-refractivity contribution in [3.63, 3.8) is 0 Å². The summed E-state index contributed by atoms with van der Waals surface area (Å²) in [6, 6.07) is 17.6. The summed E-state index contributed by atoms with van der Waals surface area (Å²) in [6.45, 7) is 3.95. The van der Waals surface area contributed by atoms with Crippen molar-refractivity contribution in [1.82, 2.24) is 19.1 Å². The van der Waals surface area contributed by atoms with E-state index in [0.29, 0.717) is 34.3 Å². The first-order chi connectivity index (χ1) is 17.9. The number of aromatic nitrogens is 4. The second-order valence-electron chi connectivity index (χ2n) is 8.26. The van der Waals surface area contributed by atoms with Crippen molar-refractivity contribution in [2.75, 3.05) is 5.32 Å². The fraction of sp³-hybridized carbons (Fsp3) is 0.222. The molecule has 0 spiro atoms. The molecule has 0 aliphatic rings. The zero-order valence-corrected chi connectivity index (χ0v) is 21.2. The second kappa shape index (κ2) is 11.7. The first-order valence-corrected chi connectivity index (χ1v) is 12.2. The number of ether oxygens (including phenoxy) is 1. The minimum Gasteiger partial charge on any atom is -0.457 e. The maximum Gasteiger partial charge on any atom is 0.354 e. The number of nitrogens with one attached hydrogen (secondary N) is 1. The average Bonchev–Trinajstić information content (AvgIpc) is 2.89. The number of carbonyl (C=O) groups is 1. The highest BCUT2D eigenvalue weighted by atomic mass is 35.5. The smallest absolute Gasteiger partial charge is 0.354 e. The Morgan fingerprint density at radius 2 is 1.70 bits per heavy atom. The zero-order valence-electron chi connectivity index (χ0n) is 20.5. The molecule has 1 N–H and O–H groups in total. The molecule has 0 fully saturated rings. The Morgan fingerprint density at radius 3 is 2.38 bits per heavy atom. The molecule has 2 aromatic carbocycles. The van der Waals surface area contributed by atoms with Crippen LogP contribution in [-0.2, 0) is 24.3 Å². The second-order valence-corrected chi connectivity index (χ2v) is 8.70. The van der Waals surface area contributed by atoms with Crippen LogP contribution in [0.3, 0.4) is 0 Å².